The average molecular weight is 380 g/mol. The fourth-order valence-electron chi connectivity index (χ4n) is 2.71. The minimum Gasteiger partial charge on any atom is -0.491 e. The van der Waals surface area contributed by atoms with E-state index in [9.17, 15) is 4.79 Å². The summed E-state index contributed by atoms with van der Waals surface area (Å²) < 4.78 is 5.76. The first-order valence-corrected chi connectivity index (χ1v) is 9.14. The van der Waals surface area contributed by atoms with Crippen LogP contribution >= 0.6 is 11.3 Å². The Balaban J connectivity index is 1.76. The number of hydrogen-bond acceptors (Lipinski definition) is 6. The zero-order valence-electron chi connectivity index (χ0n) is 14.6. The second-order valence-electron chi connectivity index (χ2n) is 6.18. The first-order valence-electron chi connectivity index (χ1n) is 8.33. The van der Waals surface area contributed by atoms with Crippen LogP contribution in [-0.4, -0.2) is 37.3 Å². The number of carboxylic acids is 1. The van der Waals surface area contributed by atoms with Crippen molar-refractivity contribution in [3.05, 3.63) is 47.5 Å². The summed E-state index contributed by atoms with van der Waals surface area (Å²) in [5.41, 5.74) is 2.14. The molecule has 0 fully saturated rings. The van der Waals surface area contributed by atoms with Crippen molar-refractivity contribution < 1.29 is 14.6 Å². The number of carboxylic acid groups (broad SMARTS) is 1. The van der Waals surface area contributed by atoms with Crippen LogP contribution in [-0.2, 0) is 0 Å². The van der Waals surface area contributed by atoms with Crippen LogP contribution in [0, 0.1) is 0 Å². The molecule has 0 atom stereocenters. The lowest BCUT2D eigenvalue weighted by Gasteiger charge is -2.09. The van der Waals surface area contributed by atoms with Crippen molar-refractivity contribution in [1.82, 2.24) is 20.2 Å². The maximum atomic E-state index is 11.1. The van der Waals surface area contributed by atoms with Gasteiger partial charge in [-0.05, 0) is 50.2 Å². The number of rotatable bonds is 5. The second-order valence-corrected chi connectivity index (χ2v) is 7.26. The highest BCUT2D eigenvalue weighted by atomic mass is 32.1. The number of carbonyl (C=O) groups is 1. The normalized spacial score (nSPS) is 11.2. The van der Waals surface area contributed by atoms with Gasteiger partial charge in [0.25, 0.3) is 0 Å². The number of nitrogens with one attached hydrogen (secondary N) is 1. The molecule has 0 bridgehead atoms. The zero-order valence-corrected chi connectivity index (χ0v) is 15.4. The molecule has 0 aliphatic rings. The van der Waals surface area contributed by atoms with Crippen molar-refractivity contribution >= 4 is 28.2 Å². The molecule has 3 aromatic heterocycles. The number of ether oxygens (including phenoxy) is 1. The van der Waals surface area contributed by atoms with Gasteiger partial charge in [-0.2, -0.15) is 5.10 Å². The summed E-state index contributed by atoms with van der Waals surface area (Å²) in [7, 11) is 0. The molecule has 136 valence electrons. The number of H-pyrrole nitrogens is 1. The summed E-state index contributed by atoms with van der Waals surface area (Å²) in [5.74, 6) is 0.267. The van der Waals surface area contributed by atoms with E-state index in [0.29, 0.717) is 17.2 Å². The van der Waals surface area contributed by atoms with Crippen LogP contribution in [0.5, 0.6) is 5.75 Å². The van der Waals surface area contributed by atoms with Gasteiger partial charge in [0.1, 0.15) is 16.3 Å². The molecule has 0 amide bonds. The highest BCUT2D eigenvalue weighted by Gasteiger charge is 2.15. The number of hydrogen-bond donors (Lipinski definition) is 2. The van der Waals surface area contributed by atoms with Crippen LogP contribution in [0.2, 0.25) is 0 Å². The van der Waals surface area contributed by atoms with Gasteiger partial charge in [-0.3, -0.25) is 5.10 Å². The SMILES string of the molecule is CC(C)Oc1ccc2[nH]nc(-c3nccc(-c4ccc(C(=O)O)s4)n3)c2c1. The molecule has 7 nitrogen and oxygen atoms in total. The third-order valence-electron chi connectivity index (χ3n) is 3.84. The van der Waals surface area contributed by atoms with E-state index in [1.165, 1.54) is 11.3 Å². The fraction of sp³-hybridized carbons (Fsp3) is 0.158. The molecule has 27 heavy (non-hydrogen) atoms. The van der Waals surface area contributed by atoms with Gasteiger partial charge in [0.15, 0.2) is 5.82 Å². The van der Waals surface area contributed by atoms with Crippen molar-refractivity contribution in [2.24, 2.45) is 0 Å². The van der Waals surface area contributed by atoms with E-state index in [0.717, 1.165) is 21.5 Å². The molecular weight excluding hydrogens is 364 g/mol. The maximum Gasteiger partial charge on any atom is 0.345 e. The van der Waals surface area contributed by atoms with Crippen molar-refractivity contribution in [3.63, 3.8) is 0 Å². The Labute approximate surface area is 158 Å². The Morgan fingerprint density at radius 1 is 1.22 bits per heavy atom. The average Bonchev–Trinajstić information content (AvgIpc) is 3.28. The Morgan fingerprint density at radius 2 is 2.07 bits per heavy atom. The summed E-state index contributed by atoms with van der Waals surface area (Å²) >= 11 is 1.17. The molecule has 1 aromatic carbocycles. The van der Waals surface area contributed by atoms with Gasteiger partial charge >= 0.3 is 5.97 Å². The zero-order chi connectivity index (χ0) is 19.0. The second kappa shape index (κ2) is 6.81. The third-order valence-corrected chi connectivity index (χ3v) is 4.94. The number of aromatic nitrogens is 4. The summed E-state index contributed by atoms with van der Waals surface area (Å²) in [6, 6.07) is 10.8. The topological polar surface area (TPSA) is 101 Å². The Hall–Kier alpha value is -3.26. The van der Waals surface area contributed by atoms with Gasteiger partial charge in [-0.15, -0.1) is 11.3 Å². The van der Waals surface area contributed by atoms with E-state index < -0.39 is 5.97 Å². The highest BCUT2D eigenvalue weighted by molar-refractivity contribution is 7.17. The number of thiophene rings is 1. The molecule has 4 rings (SSSR count). The molecule has 0 unspecified atom stereocenters. The van der Waals surface area contributed by atoms with E-state index in [4.69, 9.17) is 9.84 Å². The third kappa shape index (κ3) is 3.39. The van der Waals surface area contributed by atoms with Gasteiger partial charge in [-0.25, -0.2) is 14.8 Å². The van der Waals surface area contributed by atoms with Crippen molar-refractivity contribution in [2.45, 2.75) is 20.0 Å². The molecule has 0 spiro atoms. The fourth-order valence-corrected chi connectivity index (χ4v) is 3.52. The summed E-state index contributed by atoms with van der Waals surface area (Å²) in [6.45, 7) is 3.94. The highest BCUT2D eigenvalue weighted by Crippen LogP contribution is 2.31. The van der Waals surface area contributed by atoms with Crippen LogP contribution in [0.25, 0.3) is 33.0 Å². The van der Waals surface area contributed by atoms with Gasteiger partial charge in [0, 0.05) is 11.6 Å². The predicted octanol–water partition coefficient (Wildman–Crippen LogP) is 4.23. The minimum absolute atomic E-state index is 0.0691. The molecule has 0 saturated heterocycles. The van der Waals surface area contributed by atoms with Gasteiger partial charge in [-0.1, -0.05) is 0 Å². The maximum absolute atomic E-state index is 11.1. The largest absolute Gasteiger partial charge is 0.491 e. The first kappa shape index (κ1) is 17.2. The lowest BCUT2D eigenvalue weighted by Crippen LogP contribution is -2.05. The van der Waals surface area contributed by atoms with Crippen LogP contribution < -0.4 is 4.74 Å². The van der Waals surface area contributed by atoms with E-state index in [2.05, 4.69) is 20.2 Å². The molecule has 2 N–H and O–H groups in total. The van der Waals surface area contributed by atoms with E-state index >= 15 is 0 Å². The van der Waals surface area contributed by atoms with Crippen LogP contribution in [0.1, 0.15) is 23.5 Å². The van der Waals surface area contributed by atoms with Gasteiger partial charge < -0.3 is 9.84 Å². The Morgan fingerprint density at radius 3 is 2.81 bits per heavy atom. The molecule has 3 heterocycles. The van der Waals surface area contributed by atoms with Crippen LogP contribution in [0.4, 0.5) is 0 Å². The number of nitrogens with zero attached hydrogens (tertiary/aromatic N) is 3. The van der Waals surface area contributed by atoms with Crippen molar-refractivity contribution in [1.29, 1.82) is 0 Å². The number of benzene rings is 1. The Bertz CT molecular complexity index is 1130. The minimum atomic E-state index is -0.948. The molecule has 0 saturated carbocycles. The van der Waals surface area contributed by atoms with E-state index in [1.807, 2.05) is 32.0 Å². The quantitative estimate of drug-likeness (QED) is 0.537. The molecular formula is C19H16N4O3S. The number of aromatic carboxylic acids is 1. The molecule has 8 heteroatoms. The van der Waals surface area contributed by atoms with Gasteiger partial charge in [0.05, 0.1) is 22.2 Å². The lowest BCUT2D eigenvalue weighted by molar-refractivity contribution is 0.0702. The first-order chi connectivity index (χ1) is 13.0. The van der Waals surface area contributed by atoms with Crippen molar-refractivity contribution in [3.8, 4) is 27.8 Å². The summed E-state index contributed by atoms with van der Waals surface area (Å²) in [5, 5.41) is 17.3. The molecule has 4 aromatic rings. The molecule has 0 radical (unpaired) electrons. The monoisotopic (exact) mass is 380 g/mol. The molecule has 0 aliphatic heterocycles. The summed E-state index contributed by atoms with van der Waals surface area (Å²) in [4.78, 5) is 21.1. The standard InChI is InChI=1S/C19H16N4O3S/c1-10(2)26-11-3-4-13-12(9-11)17(23-22-13)18-20-8-7-14(21-18)15-5-6-16(27-15)19(24)25/h3-10H,1-2H3,(H,22,23)(H,24,25). The Kier molecular flexibility index (Phi) is 4.33. The van der Waals surface area contributed by atoms with Crippen molar-refractivity contribution in [2.75, 3.05) is 0 Å². The smallest absolute Gasteiger partial charge is 0.345 e. The van der Waals surface area contributed by atoms with E-state index in [1.54, 1.807) is 24.4 Å². The molecule has 0 aliphatic carbocycles. The number of aromatic amines is 1. The van der Waals surface area contributed by atoms with E-state index in [-0.39, 0.29) is 11.0 Å². The lowest BCUT2D eigenvalue weighted by atomic mass is 10.2. The number of fused-ring (bicyclic) bond motifs is 1. The predicted molar refractivity (Wildman–Crippen MR) is 103 cm³/mol. The van der Waals surface area contributed by atoms with Crippen LogP contribution in [0.15, 0.2) is 42.6 Å². The summed E-state index contributed by atoms with van der Waals surface area (Å²) in [6.07, 6.45) is 1.71. The van der Waals surface area contributed by atoms with Crippen LogP contribution in [0.3, 0.4) is 0 Å². The van der Waals surface area contributed by atoms with Gasteiger partial charge in [0.2, 0.25) is 0 Å².